The molecule has 0 aliphatic heterocycles. The highest BCUT2D eigenvalue weighted by atomic mass is 35.5. The lowest BCUT2D eigenvalue weighted by Gasteiger charge is -2.10. The van der Waals surface area contributed by atoms with Gasteiger partial charge in [0.25, 0.3) is 5.91 Å². The molecule has 0 aliphatic carbocycles. The number of hydrogen-bond donors (Lipinski definition) is 1. The van der Waals surface area contributed by atoms with Gasteiger partial charge in [-0.2, -0.15) is 0 Å². The second-order valence-corrected chi connectivity index (χ2v) is 7.14. The molecule has 0 heterocycles. The summed E-state index contributed by atoms with van der Waals surface area (Å²) in [7, 11) is -3.47. The van der Waals surface area contributed by atoms with E-state index in [-0.39, 0.29) is 21.5 Å². The average molecular weight is 334 g/mol. The van der Waals surface area contributed by atoms with Crippen LogP contribution in [0.25, 0.3) is 0 Å². The van der Waals surface area contributed by atoms with Crippen LogP contribution in [0.5, 0.6) is 0 Å². The number of halogens is 1. The standard InChI is InChI=1S/C13H16ClNO5S/c1-8(2)15-12(16)7-20-13(17)10-6-9(21(3,18)19)4-5-11(10)14/h4-6,8H,7H2,1-3H3,(H,15,16). The Morgan fingerprint density at radius 3 is 2.48 bits per heavy atom. The molecule has 0 unspecified atom stereocenters. The van der Waals surface area contributed by atoms with Crippen LogP contribution in [-0.4, -0.2) is 39.2 Å². The Morgan fingerprint density at radius 1 is 1.33 bits per heavy atom. The molecule has 8 heteroatoms. The second-order valence-electron chi connectivity index (χ2n) is 4.71. The van der Waals surface area contributed by atoms with Crippen LogP contribution in [0.15, 0.2) is 23.1 Å². The van der Waals surface area contributed by atoms with Gasteiger partial charge in [-0.05, 0) is 32.0 Å². The van der Waals surface area contributed by atoms with Crippen molar-refractivity contribution in [2.45, 2.75) is 24.8 Å². The first-order chi connectivity index (χ1) is 9.61. The van der Waals surface area contributed by atoms with Crippen molar-refractivity contribution in [2.24, 2.45) is 0 Å². The van der Waals surface area contributed by atoms with E-state index in [4.69, 9.17) is 16.3 Å². The van der Waals surface area contributed by atoms with Crippen LogP contribution in [0.4, 0.5) is 0 Å². The molecule has 0 fully saturated rings. The molecule has 0 radical (unpaired) electrons. The van der Waals surface area contributed by atoms with Crippen LogP contribution in [-0.2, 0) is 19.4 Å². The minimum atomic E-state index is -3.47. The van der Waals surface area contributed by atoms with Gasteiger partial charge in [0.05, 0.1) is 15.5 Å². The zero-order valence-electron chi connectivity index (χ0n) is 11.8. The number of hydrogen-bond acceptors (Lipinski definition) is 5. The van der Waals surface area contributed by atoms with Gasteiger partial charge in [0.15, 0.2) is 16.4 Å². The van der Waals surface area contributed by atoms with Crippen molar-refractivity contribution in [3.05, 3.63) is 28.8 Å². The Balaban J connectivity index is 2.85. The van der Waals surface area contributed by atoms with Crippen molar-refractivity contribution in [1.82, 2.24) is 5.32 Å². The maximum Gasteiger partial charge on any atom is 0.340 e. The monoisotopic (exact) mass is 333 g/mol. The summed E-state index contributed by atoms with van der Waals surface area (Å²) < 4.78 is 27.7. The van der Waals surface area contributed by atoms with Crippen LogP contribution >= 0.6 is 11.6 Å². The lowest BCUT2D eigenvalue weighted by molar-refractivity contribution is -0.124. The molecule has 1 rings (SSSR count). The first kappa shape index (κ1) is 17.5. The minimum absolute atomic E-state index is 0.0505. The number of carbonyl (C=O) groups excluding carboxylic acids is 2. The van der Waals surface area contributed by atoms with Gasteiger partial charge in [0, 0.05) is 12.3 Å². The number of nitrogens with one attached hydrogen (secondary N) is 1. The Hall–Kier alpha value is -1.60. The molecule has 1 aromatic carbocycles. The molecule has 0 aromatic heterocycles. The Labute approximate surface area is 128 Å². The molecule has 0 aliphatic rings. The molecule has 1 N–H and O–H groups in total. The number of sulfone groups is 1. The summed E-state index contributed by atoms with van der Waals surface area (Å²) in [5, 5.41) is 2.61. The molecule has 0 saturated heterocycles. The van der Waals surface area contributed by atoms with Crippen LogP contribution in [0.2, 0.25) is 5.02 Å². The molecular formula is C13H16ClNO5S. The molecular weight excluding hydrogens is 318 g/mol. The maximum atomic E-state index is 11.9. The third-order valence-electron chi connectivity index (χ3n) is 2.37. The quantitative estimate of drug-likeness (QED) is 0.823. The van der Waals surface area contributed by atoms with Gasteiger partial charge in [-0.3, -0.25) is 4.79 Å². The van der Waals surface area contributed by atoms with Crippen LogP contribution in [0.1, 0.15) is 24.2 Å². The Kier molecular flexibility index (Phi) is 5.74. The van der Waals surface area contributed by atoms with Crippen LogP contribution in [0.3, 0.4) is 0 Å². The van der Waals surface area contributed by atoms with E-state index in [9.17, 15) is 18.0 Å². The van der Waals surface area contributed by atoms with Crippen LogP contribution in [0, 0.1) is 0 Å². The largest absolute Gasteiger partial charge is 0.452 e. The molecule has 116 valence electrons. The first-order valence-electron chi connectivity index (χ1n) is 6.07. The van der Waals surface area contributed by atoms with Gasteiger partial charge >= 0.3 is 5.97 Å². The predicted octanol–water partition coefficient (Wildman–Crippen LogP) is 1.42. The predicted molar refractivity (Wildman–Crippen MR) is 78.1 cm³/mol. The highest BCUT2D eigenvalue weighted by Crippen LogP contribution is 2.21. The third-order valence-corrected chi connectivity index (χ3v) is 3.81. The Morgan fingerprint density at radius 2 is 1.95 bits per heavy atom. The molecule has 1 aromatic rings. The summed E-state index contributed by atoms with van der Waals surface area (Å²) in [5.41, 5.74) is -0.100. The van der Waals surface area contributed by atoms with Crippen molar-refractivity contribution < 1.29 is 22.7 Å². The summed E-state index contributed by atoms with van der Waals surface area (Å²) in [4.78, 5) is 23.2. The number of benzene rings is 1. The van der Waals surface area contributed by atoms with E-state index in [1.807, 2.05) is 0 Å². The zero-order valence-corrected chi connectivity index (χ0v) is 13.4. The molecule has 21 heavy (non-hydrogen) atoms. The second kappa shape index (κ2) is 6.91. The molecule has 0 atom stereocenters. The van der Waals surface area contributed by atoms with Gasteiger partial charge in [0.1, 0.15) is 0 Å². The van der Waals surface area contributed by atoms with E-state index in [0.29, 0.717) is 0 Å². The van der Waals surface area contributed by atoms with E-state index < -0.39 is 28.3 Å². The van der Waals surface area contributed by atoms with E-state index in [1.54, 1.807) is 13.8 Å². The summed E-state index contributed by atoms with van der Waals surface area (Å²) in [6.07, 6.45) is 1.02. The normalized spacial score (nSPS) is 11.3. The fourth-order valence-corrected chi connectivity index (χ4v) is 2.31. The zero-order chi connectivity index (χ0) is 16.2. The van der Waals surface area contributed by atoms with Crippen LogP contribution < -0.4 is 5.32 Å². The van der Waals surface area contributed by atoms with Gasteiger partial charge in [-0.1, -0.05) is 11.6 Å². The van der Waals surface area contributed by atoms with Crippen molar-refractivity contribution in [1.29, 1.82) is 0 Å². The summed E-state index contributed by atoms with van der Waals surface area (Å²) in [6.45, 7) is 3.08. The van der Waals surface area contributed by atoms with Gasteiger partial charge < -0.3 is 10.1 Å². The molecule has 6 nitrogen and oxygen atoms in total. The number of amides is 1. The minimum Gasteiger partial charge on any atom is -0.452 e. The van der Waals surface area contributed by atoms with E-state index in [2.05, 4.69) is 5.32 Å². The number of ether oxygens (including phenoxy) is 1. The summed E-state index contributed by atoms with van der Waals surface area (Å²) in [6, 6.07) is 3.64. The molecule has 0 bridgehead atoms. The van der Waals surface area contributed by atoms with E-state index in [0.717, 1.165) is 12.3 Å². The van der Waals surface area contributed by atoms with E-state index in [1.165, 1.54) is 12.1 Å². The van der Waals surface area contributed by atoms with E-state index >= 15 is 0 Å². The first-order valence-corrected chi connectivity index (χ1v) is 8.34. The van der Waals surface area contributed by atoms with Crippen molar-refractivity contribution in [3.8, 4) is 0 Å². The van der Waals surface area contributed by atoms with Crippen molar-refractivity contribution in [2.75, 3.05) is 12.9 Å². The number of carbonyl (C=O) groups is 2. The topological polar surface area (TPSA) is 89.5 Å². The lowest BCUT2D eigenvalue weighted by Crippen LogP contribution is -2.34. The number of esters is 1. The van der Waals surface area contributed by atoms with Gasteiger partial charge in [-0.25, -0.2) is 13.2 Å². The van der Waals surface area contributed by atoms with Crippen molar-refractivity contribution in [3.63, 3.8) is 0 Å². The highest BCUT2D eigenvalue weighted by molar-refractivity contribution is 7.90. The van der Waals surface area contributed by atoms with Crippen molar-refractivity contribution >= 4 is 33.3 Å². The van der Waals surface area contributed by atoms with Gasteiger partial charge in [0.2, 0.25) is 0 Å². The highest BCUT2D eigenvalue weighted by Gasteiger charge is 2.17. The fraction of sp³-hybridized carbons (Fsp3) is 0.385. The number of rotatable bonds is 5. The average Bonchev–Trinajstić information content (AvgIpc) is 2.34. The maximum absolute atomic E-state index is 11.9. The molecule has 0 saturated carbocycles. The molecule has 0 spiro atoms. The third kappa shape index (κ3) is 5.35. The summed E-state index contributed by atoms with van der Waals surface area (Å²) in [5.74, 6) is -1.31. The smallest absolute Gasteiger partial charge is 0.340 e. The molecule has 1 amide bonds. The Bertz CT molecular complexity index is 655. The summed E-state index contributed by atoms with van der Waals surface area (Å²) >= 11 is 5.84. The van der Waals surface area contributed by atoms with Gasteiger partial charge in [-0.15, -0.1) is 0 Å². The fourth-order valence-electron chi connectivity index (χ4n) is 1.46. The SMILES string of the molecule is CC(C)NC(=O)COC(=O)c1cc(S(C)(=O)=O)ccc1Cl. The lowest BCUT2D eigenvalue weighted by atomic mass is 10.2.